The Labute approximate surface area is 111 Å². The van der Waals surface area contributed by atoms with Gasteiger partial charge in [-0.3, -0.25) is 4.79 Å². The maximum atomic E-state index is 13.4. The second-order valence-electron chi connectivity index (χ2n) is 3.92. The Morgan fingerprint density at radius 1 is 1.58 bits per heavy atom. The highest BCUT2D eigenvalue weighted by Gasteiger charge is 2.15. The number of nitrogens with zero attached hydrogens (tertiary/aromatic N) is 1. The molecule has 0 fully saturated rings. The molecule has 0 aromatic heterocycles. The van der Waals surface area contributed by atoms with Gasteiger partial charge in [0, 0.05) is 13.7 Å². The average Bonchev–Trinajstić information content (AvgIpc) is 2.39. The molecule has 19 heavy (non-hydrogen) atoms. The Kier molecular flexibility index (Phi) is 5.76. The number of nitrogens with one attached hydrogen (secondary N) is 2. The van der Waals surface area contributed by atoms with Gasteiger partial charge in [-0.2, -0.15) is 5.26 Å². The van der Waals surface area contributed by atoms with Crippen molar-refractivity contribution in [3.63, 3.8) is 0 Å². The number of carbonyl (C=O) groups is 1. The lowest BCUT2D eigenvalue weighted by atomic mass is 10.1. The summed E-state index contributed by atoms with van der Waals surface area (Å²) in [6.07, 6.45) is 0. The Hall–Kier alpha value is -2.13. The molecule has 0 spiro atoms. The van der Waals surface area contributed by atoms with Gasteiger partial charge < -0.3 is 15.4 Å². The predicted molar refractivity (Wildman–Crippen MR) is 69.1 cm³/mol. The fourth-order valence-corrected chi connectivity index (χ4v) is 1.49. The molecule has 0 aliphatic rings. The van der Waals surface area contributed by atoms with Crippen LogP contribution in [0.2, 0.25) is 0 Å². The highest BCUT2D eigenvalue weighted by molar-refractivity contribution is 5.84. The number of rotatable bonds is 6. The van der Waals surface area contributed by atoms with Gasteiger partial charge in [0.2, 0.25) is 5.91 Å². The van der Waals surface area contributed by atoms with Crippen molar-refractivity contribution < 1.29 is 13.9 Å². The third kappa shape index (κ3) is 4.23. The van der Waals surface area contributed by atoms with Crippen LogP contribution in [-0.4, -0.2) is 32.2 Å². The number of hydrogen-bond acceptors (Lipinski definition) is 4. The molecule has 6 heteroatoms. The number of methoxy groups -OCH3 is 1. The number of carbonyl (C=O) groups excluding carboxylic acids is 1. The highest BCUT2D eigenvalue weighted by atomic mass is 19.1. The van der Waals surface area contributed by atoms with E-state index in [1.54, 1.807) is 26.2 Å². The molecule has 0 saturated heterocycles. The second kappa shape index (κ2) is 7.34. The van der Waals surface area contributed by atoms with Gasteiger partial charge in [-0.1, -0.05) is 6.07 Å². The number of nitriles is 1. The van der Waals surface area contributed by atoms with Crippen molar-refractivity contribution in [3.05, 3.63) is 29.6 Å². The zero-order valence-electron chi connectivity index (χ0n) is 10.9. The second-order valence-corrected chi connectivity index (χ2v) is 3.92. The molecule has 0 radical (unpaired) electrons. The van der Waals surface area contributed by atoms with Crippen LogP contribution >= 0.6 is 0 Å². The summed E-state index contributed by atoms with van der Waals surface area (Å²) < 4.78 is 18.2. The lowest BCUT2D eigenvalue weighted by molar-refractivity contribution is -0.121. The van der Waals surface area contributed by atoms with Crippen LogP contribution in [0.4, 0.5) is 10.1 Å². The van der Waals surface area contributed by atoms with E-state index in [9.17, 15) is 9.18 Å². The standard InChI is InChI=1S/C13H16FN3O2/c1-9(13(18)16-6-7-19-2)17-12-5-3-4-11(14)10(12)8-15/h3-5,9,17H,6-7H2,1-2H3,(H,16,18). The molecule has 102 valence electrons. The van der Waals surface area contributed by atoms with Crippen LogP contribution in [0.5, 0.6) is 0 Å². The number of anilines is 1. The summed E-state index contributed by atoms with van der Waals surface area (Å²) in [5.74, 6) is -0.857. The largest absolute Gasteiger partial charge is 0.383 e. The number of benzene rings is 1. The fraction of sp³-hybridized carbons (Fsp3) is 0.385. The summed E-state index contributed by atoms with van der Waals surface area (Å²) in [5.41, 5.74) is 0.205. The molecular weight excluding hydrogens is 249 g/mol. The average molecular weight is 265 g/mol. The summed E-state index contributed by atoms with van der Waals surface area (Å²) in [5, 5.41) is 14.3. The maximum Gasteiger partial charge on any atom is 0.242 e. The summed E-state index contributed by atoms with van der Waals surface area (Å²) in [4.78, 5) is 11.7. The Morgan fingerprint density at radius 2 is 2.32 bits per heavy atom. The van der Waals surface area contributed by atoms with Crippen LogP contribution in [0.1, 0.15) is 12.5 Å². The molecular formula is C13H16FN3O2. The van der Waals surface area contributed by atoms with Gasteiger partial charge in [0.05, 0.1) is 12.3 Å². The molecule has 2 N–H and O–H groups in total. The first-order valence-electron chi connectivity index (χ1n) is 5.82. The molecule has 0 bridgehead atoms. The number of halogens is 1. The van der Waals surface area contributed by atoms with Crippen LogP contribution in [0.3, 0.4) is 0 Å². The van der Waals surface area contributed by atoms with Gasteiger partial charge in [0.1, 0.15) is 23.5 Å². The van der Waals surface area contributed by atoms with E-state index < -0.39 is 11.9 Å². The Morgan fingerprint density at radius 3 is 2.95 bits per heavy atom. The summed E-state index contributed by atoms with van der Waals surface area (Å²) >= 11 is 0. The molecule has 1 rings (SSSR count). The van der Waals surface area contributed by atoms with Gasteiger partial charge in [0.25, 0.3) is 0 Å². The zero-order valence-corrected chi connectivity index (χ0v) is 10.9. The topological polar surface area (TPSA) is 74.2 Å². The van der Waals surface area contributed by atoms with E-state index in [0.717, 1.165) is 0 Å². The molecule has 1 aromatic carbocycles. The van der Waals surface area contributed by atoms with Crippen molar-refractivity contribution in [2.45, 2.75) is 13.0 Å². The summed E-state index contributed by atoms with van der Waals surface area (Å²) in [6.45, 7) is 2.45. The van der Waals surface area contributed by atoms with Crippen molar-refractivity contribution in [3.8, 4) is 6.07 Å². The number of amides is 1. The van der Waals surface area contributed by atoms with Crippen molar-refractivity contribution in [2.75, 3.05) is 25.6 Å². The normalized spacial score (nSPS) is 11.5. The van der Waals surface area contributed by atoms with Gasteiger partial charge in [-0.15, -0.1) is 0 Å². The van der Waals surface area contributed by atoms with Crippen LogP contribution in [0, 0.1) is 17.1 Å². The lowest BCUT2D eigenvalue weighted by Crippen LogP contribution is -2.39. The van der Waals surface area contributed by atoms with Crippen molar-refractivity contribution in [1.82, 2.24) is 5.32 Å². The smallest absolute Gasteiger partial charge is 0.242 e. The minimum atomic E-state index is -0.612. The summed E-state index contributed by atoms with van der Waals surface area (Å²) in [7, 11) is 1.54. The van der Waals surface area contributed by atoms with Crippen LogP contribution in [0.25, 0.3) is 0 Å². The van der Waals surface area contributed by atoms with E-state index in [0.29, 0.717) is 18.8 Å². The third-order valence-electron chi connectivity index (χ3n) is 2.50. The number of hydrogen-bond donors (Lipinski definition) is 2. The number of ether oxygens (including phenoxy) is 1. The van der Waals surface area contributed by atoms with E-state index in [4.69, 9.17) is 10.00 Å². The van der Waals surface area contributed by atoms with E-state index in [2.05, 4.69) is 10.6 Å². The third-order valence-corrected chi connectivity index (χ3v) is 2.50. The van der Waals surface area contributed by atoms with Crippen molar-refractivity contribution >= 4 is 11.6 Å². The first-order chi connectivity index (χ1) is 9.10. The minimum absolute atomic E-state index is 0.0981. The van der Waals surface area contributed by atoms with Crippen LogP contribution in [0.15, 0.2) is 18.2 Å². The summed E-state index contributed by atoms with van der Waals surface area (Å²) in [6, 6.07) is 5.43. The monoisotopic (exact) mass is 265 g/mol. The van der Waals surface area contributed by atoms with E-state index in [-0.39, 0.29) is 11.5 Å². The van der Waals surface area contributed by atoms with Crippen LogP contribution in [-0.2, 0) is 9.53 Å². The molecule has 0 aliphatic carbocycles. The van der Waals surface area contributed by atoms with Gasteiger partial charge in [-0.05, 0) is 19.1 Å². The van der Waals surface area contributed by atoms with E-state index in [1.165, 1.54) is 12.1 Å². The van der Waals surface area contributed by atoms with Gasteiger partial charge >= 0.3 is 0 Å². The predicted octanol–water partition coefficient (Wildman–Crippen LogP) is 1.26. The minimum Gasteiger partial charge on any atom is -0.383 e. The lowest BCUT2D eigenvalue weighted by Gasteiger charge is -2.16. The zero-order chi connectivity index (χ0) is 14.3. The van der Waals surface area contributed by atoms with Crippen LogP contribution < -0.4 is 10.6 Å². The molecule has 1 amide bonds. The first-order valence-corrected chi connectivity index (χ1v) is 5.82. The first kappa shape index (κ1) is 14.9. The Balaban J connectivity index is 2.67. The molecule has 5 nitrogen and oxygen atoms in total. The Bertz CT molecular complexity index is 485. The highest BCUT2D eigenvalue weighted by Crippen LogP contribution is 2.18. The van der Waals surface area contributed by atoms with Crippen molar-refractivity contribution in [2.24, 2.45) is 0 Å². The van der Waals surface area contributed by atoms with E-state index in [1.807, 2.05) is 0 Å². The van der Waals surface area contributed by atoms with Gasteiger partial charge in [0.15, 0.2) is 0 Å². The van der Waals surface area contributed by atoms with E-state index >= 15 is 0 Å². The molecule has 1 unspecified atom stereocenters. The molecule has 0 heterocycles. The van der Waals surface area contributed by atoms with Gasteiger partial charge in [-0.25, -0.2) is 4.39 Å². The molecule has 0 aliphatic heterocycles. The SMILES string of the molecule is COCCNC(=O)C(C)Nc1cccc(F)c1C#N. The van der Waals surface area contributed by atoms with Crippen molar-refractivity contribution in [1.29, 1.82) is 5.26 Å². The fourth-order valence-electron chi connectivity index (χ4n) is 1.49. The maximum absolute atomic E-state index is 13.4. The molecule has 0 saturated carbocycles. The molecule has 1 atom stereocenters. The quantitative estimate of drug-likeness (QED) is 0.759. The molecule has 1 aromatic rings.